The van der Waals surface area contributed by atoms with E-state index in [4.69, 9.17) is 4.74 Å². The van der Waals surface area contributed by atoms with Crippen molar-refractivity contribution in [3.05, 3.63) is 29.8 Å². The molecule has 0 radical (unpaired) electrons. The topological polar surface area (TPSA) is 32.7 Å². The molecule has 1 aromatic carbocycles. The molecule has 0 amide bonds. The molecular weight excluding hydrogens is 250 g/mol. The van der Waals surface area contributed by atoms with Crippen LogP contribution in [0, 0.1) is 5.92 Å². The molecule has 0 atom stereocenters. The molecule has 0 aromatic heterocycles. The molecule has 0 saturated carbocycles. The molecule has 1 aliphatic rings. The summed E-state index contributed by atoms with van der Waals surface area (Å²) in [4.78, 5) is 2.46. The van der Waals surface area contributed by atoms with E-state index in [1.54, 1.807) is 7.11 Å². The van der Waals surface area contributed by atoms with Gasteiger partial charge in [-0.2, -0.15) is 0 Å². The van der Waals surface area contributed by atoms with Crippen molar-refractivity contribution >= 4 is 0 Å². The summed E-state index contributed by atoms with van der Waals surface area (Å²) >= 11 is 0. The van der Waals surface area contributed by atoms with Crippen LogP contribution in [0.25, 0.3) is 0 Å². The van der Waals surface area contributed by atoms with E-state index in [9.17, 15) is 5.11 Å². The van der Waals surface area contributed by atoms with Crippen molar-refractivity contribution in [2.24, 2.45) is 5.92 Å². The quantitative estimate of drug-likeness (QED) is 0.898. The fraction of sp³-hybridized carbons (Fsp3) is 0.647. The van der Waals surface area contributed by atoms with Crippen molar-refractivity contribution in [3.8, 4) is 5.75 Å². The highest BCUT2D eigenvalue weighted by Gasteiger charge is 2.32. The van der Waals surface area contributed by atoms with Gasteiger partial charge in [-0.05, 0) is 36.5 Å². The second-order valence-electron chi connectivity index (χ2n) is 6.45. The molecule has 1 aliphatic heterocycles. The second-order valence-corrected chi connectivity index (χ2v) is 6.45. The van der Waals surface area contributed by atoms with Gasteiger partial charge in [-0.15, -0.1) is 0 Å². The molecule has 0 spiro atoms. The predicted octanol–water partition coefficient (Wildman–Crippen LogP) is 2.72. The van der Waals surface area contributed by atoms with Crippen LogP contribution in [0.3, 0.4) is 0 Å². The summed E-state index contributed by atoms with van der Waals surface area (Å²) < 4.78 is 5.25. The molecule has 112 valence electrons. The van der Waals surface area contributed by atoms with E-state index in [0.29, 0.717) is 5.92 Å². The van der Waals surface area contributed by atoms with Crippen molar-refractivity contribution in [1.82, 2.24) is 4.90 Å². The zero-order chi connectivity index (χ0) is 14.6. The van der Waals surface area contributed by atoms with E-state index in [1.165, 1.54) is 0 Å². The standard InChI is InChI=1S/C17H27NO2/c1-14(2)13-18-9-7-17(19,8-10-18)12-15-5-4-6-16(11-15)20-3/h4-6,11,14,19H,7-10,12-13H2,1-3H3. The average molecular weight is 277 g/mol. The first kappa shape index (κ1) is 15.3. The molecule has 2 rings (SSSR count). The number of likely N-dealkylation sites (tertiary alicyclic amines) is 1. The first-order valence-electron chi connectivity index (χ1n) is 7.58. The molecule has 1 fully saturated rings. The second kappa shape index (κ2) is 6.59. The first-order chi connectivity index (χ1) is 9.50. The van der Waals surface area contributed by atoms with E-state index in [-0.39, 0.29) is 0 Å². The van der Waals surface area contributed by atoms with Gasteiger partial charge in [0.25, 0.3) is 0 Å². The van der Waals surface area contributed by atoms with E-state index < -0.39 is 5.60 Å². The monoisotopic (exact) mass is 277 g/mol. The summed E-state index contributed by atoms with van der Waals surface area (Å²) in [6.07, 6.45) is 2.44. The van der Waals surface area contributed by atoms with Crippen LogP contribution >= 0.6 is 0 Å². The Morgan fingerprint density at radius 3 is 2.60 bits per heavy atom. The number of aliphatic hydroxyl groups is 1. The van der Waals surface area contributed by atoms with Crippen LogP contribution in [-0.2, 0) is 6.42 Å². The lowest BCUT2D eigenvalue weighted by molar-refractivity contribution is -0.0227. The van der Waals surface area contributed by atoms with Gasteiger partial charge >= 0.3 is 0 Å². The van der Waals surface area contributed by atoms with Crippen LogP contribution in [0.1, 0.15) is 32.3 Å². The number of methoxy groups -OCH3 is 1. The minimum atomic E-state index is -0.556. The van der Waals surface area contributed by atoms with E-state index in [0.717, 1.165) is 50.2 Å². The molecule has 1 heterocycles. The molecule has 0 unspecified atom stereocenters. The molecule has 0 bridgehead atoms. The van der Waals surface area contributed by atoms with E-state index in [1.807, 2.05) is 18.2 Å². The van der Waals surface area contributed by atoms with Crippen molar-refractivity contribution in [3.63, 3.8) is 0 Å². The van der Waals surface area contributed by atoms with Crippen LogP contribution in [-0.4, -0.2) is 42.4 Å². The minimum absolute atomic E-state index is 0.556. The van der Waals surface area contributed by atoms with Gasteiger partial charge in [-0.3, -0.25) is 0 Å². The highest BCUT2D eigenvalue weighted by molar-refractivity contribution is 5.29. The lowest BCUT2D eigenvalue weighted by Gasteiger charge is -2.39. The normalized spacial score (nSPS) is 19.2. The van der Waals surface area contributed by atoms with Crippen molar-refractivity contribution < 1.29 is 9.84 Å². The number of hydrogen-bond acceptors (Lipinski definition) is 3. The fourth-order valence-electron chi connectivity index (χ4n) is 3.01. The number of ether oxygens (including phenoxy) is 1. The van der Waals surface area contributed by atoms with Gasteiger partial charge in [0, 0.05) is 26.1 Å². The van der Waals surface area contributed by atoms with E-state index >= 15 is 0 Å². The molecule has 20 heavy (non-hydrogen) atoms. The van der Waals surface area contributed by atoms with Crippen LogP contribution in [0.5, 0.6) is 5.75 Å². The SMILES string of the molecule is COc1cccc(CC2(O)CCN(CC(C)C)CC2)c1. The molecule has 3 heteroatoms. The zero-order valence-electron chi connectivity index (χ0n) is 12.9. The maximum Gasteiger partial charge on any atom is 0.119 e. The maximum absolute atomic E-state index is 10.8. The Balaban J connectivity index is 1.92. The van der Waals surface area contributed by atoms with Crippen molar-refractivity contribution in [2.75, 3.05) is 26.7 Å². The zero-order valence-corrected chi connectivity index (χ0v) is 12.9. The summed E-state index contributed by atoms with van der Waals surface area (Å²) in [5.74, 6) is 1.56. The number of benzene rings is 1. The molecule has 1 aromatic rings. The van der Waals surface area contributed by atoms with Gasteiger partial charge in [0.15, 0.2) is 0 Å². The Morgan fingerprint density at radius 1 is 1.30 bits per heavy atom. The summed E-state index contributed by atoms with van der Waals surface area (Å²) in [5.41, 5.74) is 0.601. The van der Waals surface area contributed by atoms with Gasteiger partial charge in [0.2, 0.25) is 0 Å². The highest BCUT2D eigenvalue weighted by atomic mass is 16.5. The number of nitrogens with zero attached hydrogens (tertiary/aromatic N) is 1. The Labute approximate surface area is 122 Å². The maximum atomic E-state index is 10.8. The third-order valence-corrected chi connectivity index (χ3v) is 4.08. The Bertz CT molecular complexity index is 423. The first-order valence-corrected chi connectivity index (χ1v) is 7.58. The molecule has 1 saturated heterocycles. The molecule has 3 nitrogen and oxygen atoms in total. The minimum Gasteiger partial charge on any atom is -0.497 e. The lowest BCUT2D eigenvalue weighted by atomic mass is 9.85. The smallest absolute Gasteiger partial charge is 0.119 e. The Hall–Kier alpha value is -1.06. The van der Waals surface area contributed by atoms with Gasteiger partial charge in [-0.1, -0.05) is 26.0 Å². The Morgan fingerprint density at radius 2 is 2.00 bits per heavy atom. The summed E-state index contributed by atoms with van der Waals surface area (Å²) in [5, 5.41) is 10.8. The van der Waals surface area contributed by atoms with Crippen LogP contribution in [0.2, 0.25) is 0 Å². The summed E-state index contributed by atoms with van der Waals surface area (Å²) in [6.45, 7) is 7.63. The molecule has 1 N–H and O–H groups in total. The van der Waals surface area contributed by atoms with Crippen molar-refractivity contribution in [2.45, 2.75) is 38.7 Å². The van der Waals surface area contributed by atoms with Gasteiger partial charge < -0.3 is 14.7 Å². The summed E-state index contributed by atoms with van der Waals surface area (Å²) in [6, 6.07) is 8.03. The third kappa shape index (κ3) is 4.22. The van der Waals surface area contributed by atoms with Crippen LogP contribution in [0.15, 0.2) is 24.3 Å². The Kier molecular flexibility index (Phi) is 5.06. The molecule has 0 aliphatic carbocycles. The summed E-state index contributed by atoms with van der Waals surface area (Å²) in [7, 11) is 1.68. The van der Waals surface area contributed by atoms with Crippen LogP contribution < -0.4 is 4.74 Å². The number of hydrogen-bond donors (Lipinski definition) is 1. The number of rotatable bonds is 5. The largest absolute Gasteiger partial charge is 0.497 e. The van der Waals surface area contributed by atoms with Crippen LogP contribution in [0.4, 0.5) is 0 Å². The molecular formula is C17H27NO2. The predicted molar refractivity (Wildman–Crippen MR) is 82.2 cm³/mol. The fourth-order valence-corrected chi connectivity index (χ4v) is 3.01. The average Bonchev–Trinajstić information content (AvgIpc) is 2.41. The number of piperidine rings is 1. The van der Waals surface area contributed by atoms with Gasteiger partial charge in [0.1, 0.15) is 5.75 Å². The van der Waals surface area contributed by atoms with E-state index in [2.05, 4.69) is 24.8 Å². The van der Waals surface area contributed by atoms with Gasteiger partial charge in [0.05, 0.1) is 12.7 Å². The van der Waals surface area contributed by atoms with Gasteiger partial charge in [-0.25, -0.2) is 0 Å². The third-order valence-electron chi connectivity index (χ3n) is 4.08. The highest BCUT2D eigenvalue weighted by Crippen LogP contribution is 2.27. The lowest BCUT2D eigenvalue weighted by Crippen LogP contribution is -2.46. The van der Waals surface area contributed by atoms with Crippen molar-refractivity contribution in [1.29, 1.82) is 0 Å².